The molecule has 1 aromatic heterocycles. The lowest BCUT2D eigenvalue weighted by Gasteiger charge is -2.31. The molecule has 0 radical (unpaired) electrons. The summed E-state index contributed by atoms with van der Waals surface area (Å²) in [6.45, 7) is 7.24. The highest BCUT2D eigenvalue weighted by Crippen LogP contribution is 2.35. The molecule has 3 aromatic rings. The van der Waals surface area contributed by atoms with Crippen molar-refractivity contribution in [1.82, 2.24) is 25.3 Å². The van der Waals surface area contributed by atoms with Gasteiger partial charge in [0.2, 0.25) is 0 Å². The number of nitrogens with one attached hydrogen (secondary N) is 2. The summed E-state index contributed by atoms with van der Waals surface area (Å²) in [7, 11) is 1.99. The highest BCUT2D eigenvalue weighted by Gasteiger charge is 2.43. The topological polar surface area (TPSA) is 96.3 Å². The van der Waals surface area contributed by atoms with Gasteiger partial charge in [-0.05, 0) is 68.5 Å². The van der Waals surface area contributed by atoms with Crippen LogP contribution in [0.5, 0.6) is 0 Å². The largest absolute Gasteiger partial charge is 0.339 e. The average molecular weight is 460 g/mol. The van der Waals surface area contributed by atoms with Gasteiger partial charge in [0.1, 0.15) is 5.54 Å². The molecule has 2 aromatic carbocycles. The molecule has 0 saturated carbocycles. The zero-order valence-electron chi connectivity index (χ0n) is 19.9. The summed E-state index contributed by atoms with van der Waals surface area (Å²) in [6, 6.07) is 10.8. The van der Waals surface area contributed by atoms with Crippen molar-refractivity contribution in [3.8, 4) is 0 Å². The Labute approximate surface area is 198 Å². The first kappa shape index (κ1) is 22.1. The summed E-state index contributed by atoms with van der Waals surface area (Å²) >= 11 is 0. The van der Waals surface area contributed by atoms with Gasteiger partial charge < -0.3 is 10.2 Å². The maximum Gasteiger partial charge on any atom is 0.322 e. The van der Waals surface area contributed by atoms with Gasteiger partial charge in [-0.25, -0.2) is 4.79 Å². The number of piperidine rings is 1. The number of aromatic nitrogens is 2. The Bertz CT molecular complexity index is 1320. The Morgan fingerprint density at radius 3 is 2.38 bits per heavy atom. The van der Waals surface area contributed by atoms with Crippen molar-refractivity contribution in [3.05, 3.63) is 64.3 Å². The van der Waals surface area contributed by atoms with Crippen LogP contribution in [-0.2, 0) is 17.4 Å². The van der Waals surface area contributed by atoms with E-state index in [2.05, 4.69) is 36.6 Å². The molecule has 34 heavy (non-hydrogen) atoms. The summed E-state index contributed by atoms with van der Waals surface area (Å²) in [5.41, 5.74) is 4.86. The van der Waals surface area contributed by atoms with Crippen molar-refractivity contribution in [2.24, 2.45) is 7.05 Å². The second kappa shape index (κ2) is 7.97. The summed E-state index contributed by atoms with van der Waals surface area (Å²) in [4.78, 5) is 38.7. The highest BCUT2D eigenvalue weighted by molar-refractivity contribution is 6.07. The lowest BCUT2D eigenvalue weighted by atomic mass is 9.89. The maximum atomic E-state index is 13.1. The summed E-state index contributed by atoms with van der Waals surface area (Å²) in [5.74, 6) is -0.0974. The van der Waals surface area contributed by atoms with Crippen molar-refractivity contribution in [1.29, 1.82) is 0 Å². The average Bonchev–Trinajstić information content (AvgIpc) is 3.28. The lowest BCUT2D eigenvalue weighted by Crippen LogP contribution is -2.40. The minimum atomic E-state index is -1.13. The quantitative estimate of drug-likeness (QED) is 0.588. The fourth-order valence-corrected chi connectivity index (χ4v) is 5.32. The molecule has 2 saturated heterocycles. The minimum Gasteiger partial charge on any atom is -0.339 e. The minimum absolute atomic E-state index is 0.0206. The molecule has 2 aliphatic heterocycles. The molecule has 4 amide bonds. The van der Waals surface area contributed by atoms with Gasteiger partial charge in [0.25, 0.3) is 11.8 Å². The molecule has 0 bridgehead atoms. The number of imide groups is 1. The van der Waals surface area contributed by atoms with E-state index in [0.29, 0.717) is 30.1 Å². The SMILES string of the molecule is Cc1cc(C)c2c(C3CCN(C(=O)c4ccc(C5(C)NC(=O)NC5=O)cc4)CC3)nn(C)c2c1. The number of hydrogen-bond acceptors (Lipinski definition) is 4. The van der Waals surface area contributed by atoms with E-state index in [1.54, 1.807) is 31.2 Å². The number of aryl methyl sites for hydroxylation is 3. The van der Waals surface area contributed by atoms with Crippen LogP contribution in [0.25, 0.3) is 10.9 Å². The molecule has 8 heteroatoms. The van der Waals surface area contributed by atoms with Crippen molar-refractivity contribution in [3.63, 3.8) is 0 Å². The second-order valence-corrected chi connectivity index (χ2v) is 9.66. The number of likely N-dealkylation sites (tertiary alicyclic amines) is 1. The normalized spacial score (nSPS) is 21.1. The van der Waals surface area contributed by atoms with Crippen LogP contribution in [0.1, 0.15) is 58.4 Å². The molecule has 1 atom stereocenters. The van der Waals surface area contributed by atoms with Gasteiger partial charge in [-0.15, -0.1) is 0 Å². The number of carbonyl (C=O) groups is 3. The van der Waals surface area contributed by atoms with Crippen LogP contribution in [0.3, 0.4) is 0 Å². The number of carbonyl (C=O) groups excluding carboxylic acids is 3. The number of fused-ring (bicyclic) bond motifs is 1. The van der Waals surface area contributed by atoms with Gasteiger partial charge >= 0.3 is 6.03 Å². The Kier molecular flexibility index (Phi) is 5.19. The zero-order valence-corrected chi connectivity index (χ0v) is 19.9. The number of amides is 4. The van der Waals surface area contributed by atoms with Crippen LogP contribution in [-0.4, -0.2) is 45.6 Å². The van der Waals surface area contributed by atoms with E-state index in [0.717, 1.165) is 24.1 Å². The summed E-state index contributed by atoms with van der Waals surface area (Å²) in [6.07, 6.45) is 1.74. The number of rotatable bonds is 3. The van der Waals surface area contributed by atoms with Crippen molar-refractivity contribution < 1.29 is 14.4 Å². The van der Waals surface area contributed by atoms with Crippen LogP contribution in [0, 0.1) is 13.8 Å². The smallest absolute Gasteiger partial charge is 0.322 e. The van der Waals surface area contributed by atoms with Crippen molar-refractivity contribution in [2.75, 3.05) is 13.1 Å². The molecule has 2 N–H and O–H groups in total. The Morgan fingerprint density at radius 2 is 1.76 bits per heavy atom. The van der Waals surface area contributed by atoms with Crippen molar-refractivity contribution >= 4 is 28.7 Å². The lowest BCUT2D eigenvalue weighted by molar-refractivity contribution is -0.123. The first-order valence-electron chi connectivity index (χ1n) is 11.6. The third-order valence-electron chi connectivity index (χ3n) is 7.24. The summed E-state index contributed by atoms with van der Waals surface area (Å²) in [5, 5.41) is 11.0. The van der Waals surface area contributed by atoms with Gasteiger partial charge in [-0.2, -0.15) is 5.10 Å². The van der Waals surface area contributed by atoms with Crippen molar-refractivity contribution in [2.45, 2.75) is 45.1 Å². The zero-order chi connectivity index (χ0) is 24.2. The molecule has 2 aliphatic rings. The first-order valence-corrected chi connectivity index (χ1v) is 11.6. The van der Waals surface area contributed by atoms with Gasteiger partial charge in [-0.1, -0.05) is 18.2 Å². The molecule has 2 fully saturated rings. The first-order chi connectivity index (χ1) is 16.2. The molecule has 3 heterocycles. The third kappa shape index (κ3) is 3.54. The predicted molar refractivity (Wildman–Crippen MR) is 129 cm³/mol. The molecular formula is C26H29N5O3. The molecule has 8 nitrogen and oxygen atoms in total. The fourth-order valence-electron chi connectivity index (χ4n) is 5.32. The monoisotopic (exact) mass is 459 g/mol. The number of benzene rings is 2. The van der Waals surface area contributed by atoms with Gasteiger partial charge in [-0.3, -0.25) is 19.6 Å². The van der Waals surface area contributed by atoms with Crippen LogP contribution < -0.4 is 10.6 Å². The maximum absolute atomic E-state index is 13.1. The molecule has 1 unspecified atom stereocenters. The summed E-state index contributed by atoms with van der Waals surface area (Å²) < 4.78 is 1.97. The fraction of sp³-hybridized carbons (Fsp3) is 0.385. The predicted octanol–water partition coefficient (Wildman–Crippen LogP) is 3.26. The number of urea groups is 1. The van der Waals surface area contributed by atoms with Crippen LogP contribution >= 0.6 is 0 Å². The molecular weight excluding hydrogens is 430 g/mol. The second-order valence-electron chi connectivity index (χ2n) is 9.66. The molecule has 176 valence electrons. The molecule has 0 spiro atoms. The number of nitrogens with zero attached hydrogens (tertiary/aromatic N) is 3. The van der Waals surface area contributed by atoms with E-state index in [-0.39, 0.29) is 5.91 Å². The number of hydrogen-bond donors (Lipinski definition) is 2. The van der Waals surface area contributed by atoms with Crippen LogP contribution in [0.15, 0.2) is 36.4 Å². The highest BCUT2D eigenvalue weighted by atomic mass is 16.2. The van der Waals surface area contributed by atoms with Gasteiger partial charge in [0.15, 0.2) is 0 Å². The molecule has 5 rings (SSSR count). The van der Waals surface area contributed by atoms with E-state index in [1.165, 1.54) is 16.5 Å². The van der Waals surface area contributed by atoms with E-state index in [4.69, 9.17) is 5.10 Å². The van der Waals surface area contributed by atoms with Gasteiger partial charge in [0.05, 0.1) is 11.2 Å². The Hall–Kier alpha value is -3.68. The van der Waals surface area contributed by atoms with E-state index in [9.17, 15) is 14.4 Å². The van der Waals surface area contributed by atoms with Crippen LogP contribution in [0.2, 0.25) is 0 Å². The van der Waals surface area contributed by atoms with E-state index < -0.39 is 17.5 Å². The Balaban J connectivity index is 1.29. The van der Waals surface area contributed by atoms with Gasteiger partial charge in [0, 0.05) is 37.0 Å². The van der Waals surface area contributed by atoms with E-state index >= 15 is 0 Å². The van der Waals surface area contributed by atoms with Crippen LogP contribution in [0.4, 0.5) is 4.79 Å². The third-order valence-corrected chi connectivity index (χ3v) is 7.24. The standard InChI is InChI=1S/C26H29N5O3/c1-15-13-16(2)21-20(14-15)30(4)29-22(21)17-9-11-31(12-10-17)23(32)18-5-7-19(8-6-18)26(3)24(33)27-25(34)28-26/h5-8,13-14,17H,9-12H2,1-4H3,(H2,27,28,33,34). The Morgan fingerprint density at radius 1 is 1.09 bits per heavy atom. The van der Waals surface area contributed by atoms with E-state index in [1.807, 2.05) is 16.6 Å². The molecule has 0 aliphatic carbocycles.